The molecule has 6 heteroatoms. The summed E-state index contributed by atoms with van der Waals surface area (Å²) in [7, 11) is 0. The third-order valence-electron chi connectivity index (χ3n) is 5.06. The number of amides is 2. The molecule has 1 aliphatic rings. The van der Waals surface area contributed by atoms with E-state index in [1.165, 1.54) is 0 Å². The van der Waals surface area contributed by atoms with Crippen LogP contribution in [0.4, 0.5) is 4.79 Å². The molecule has 1 heterocycles. The monoisotopic (exact) mass is 383 g/mol. The molecule has 0 aromatic heterocycles. The van der Waals surface area contributed by atoms with Gasteiger partial charge in [0, 0.05) is 13.1 Å². The van der Waals surface area contributed by atoms with E-state index in [-0.39, 0.29) is 11.8 Å². The molecule has 2 amide bonds. The Kier molecular flexibility index (Phi) is 9.57. The van der Waals surface area contributed by atoms with Crippen LogP contribution in [0.15, 0.2) is 0 Å². The van der Waals surface area contributed by atoms with Gasteiger partial charge in [-0.25, -0.2) is 4.79 Å². The Bertz CT molecular complexity index is 466. The maximum atomic E-state index is 12.7. The van der Waals surface area contributed by atoms with Gasteiger partial charge in [0.1, 0.15) is 11.6 Å². The lowest BCUT2D eigenvalue weighted by molar-refractivity contribution is -0.124. The molecule has 2 N–H and O–H groups in total. The number of piperidine rings is 1. The third-order valence-corrected chi connectivity index (χ3v) is 5.06. The number of likely N-dealkylation sites (tertiary alicyclic amines) is 1. The second-order valence-electron chi connectivity index (χ2n) is 9.39. The first-order chi connectivity index (χ1) is 12.5. The number of nitrogens with zero attached hydrogens (tertiary/aromatic N) is 1. The van der Waals surface area contributed by atoms with Crippen LogP contribution >= 0.6 is 0 Å². The summed E-state index contributed by atoms with van der Waals surface area (Å²) in [6.45, 7) is 18.0. The number of hydrogen-bond donors (Lipinski definition) is 2. The maximum absolute atomic E-state index is 12.7. The van der Waals surface area contributed by atoms with Crippen LogP contribution < -0.4 is 10.6 Å². The van der Waals surface area contributed by atoms with Gasteiger partial charge in [-0.1, -0.05) is 34.1 Å². The van der Waals surface area contributed by atoms with E-state index < -0.39 is 17.7 Å². The Morgan fingerprint density at radius 2 is 1.74 bits per heavy atom. The lowest BCUT2D eigenvalue weighted by Gasteiger charge is -2.33. The van der Waals surface area contributed by atoms with Crippen molar-refractivity contribution in [3.05, 3.63) is 0 Å². The summed E-state index contributed by atoms with van der Waals surface area (Å²) in [6, 6.07) is -0.564. The van der Waals surface area contributed by atoms with Crippen molar-refractivity contribution in [1.82, 2.24) is 15.5 Å². The van der Waals surface area contributed by atoms with E-state index in [0.717, 1.165) is 38.9 Å². The summed E-state index contributed by atoms with van der Waals surface area (Å²) >= 11 is 0. The molecule has 2 atom stereocenters. The van der Waals surface area contributed by atoms with Crippen LogP contribution in [0.5, 0.6) is 0 Å². The Morgan fingerprint density at radius 3 is 2.22 bits per heavy atom. The summed E-state index contributed by atoms with van der Waals surface area (Å²) in [5, 5.41) is 5.82. The van der Waals surface area contributed by atoms with Crippen molar-refractivity contribution < 1.29 is 14.3 Å². The highest BCUT2D eigenvalue weighted by Crippen LogP contribution is 2.18. The SMILES string of the molecule is CCC(C)C(NC(=O)OC(C)(C)C)C(=O)NCC1CCN(CC(C)C)CC1. The molecule has 1 fully saturated rings. The van der Waals surface area contributed by atoms with E-state index in [1.807, 2.05) is 34.6 Å². The van der Waals surface area contributed by atoms with E-state index >= 15 is 0 Å². The molecule has 6 nitrogen and oxygen atoms in total. The number of ether oxygens (including phenoxy) is 1. The molecule has 0 spiro atoms. The van der Waals surface area contributed by atoms with Gasteiger partial charge in [-0.15, -0.1) is 0 Å². The topological polar surface area (TPSA) is 70.7 Å². The Hall–Kier alpha value is -1.30. The molecule has 1 aliphatic heterocycles. The predicted molar refractivity (Wildman–Crippen MR) is 110 cm³/mol. The quantitative estimate of drug-likeness (QED) is 0.674. The average Bonchev–Trinajstić information content (AvgIpc) is 2.56. The molecule has 0 bridgehead atoms. The zero-order valence-electron chi connectivity index (χ0n) is 18.4. The van der Waals surface area contributed by atoms with Gasteiger partial charge in [0.25, 0.3) is 0 Å². The zero-order valence-corrected chi connectivity index (χ0v) is 18.4. The molecule has 0 aromatic rings. The first-order valence-electron chi connectivity index (χ1n) is 10.5. The highest BCUT2D eigenvalue weighted by atomic mass is 16.6. The van der Waals surface area contributed by atoms with Crippen LogP contribution in [0.1, 0.15) is 67.7 Å². The first-order valence-corrected chi connectivity index (χ1v) is 10.5. The number of alkyl carbamates (subject to hydrolysis) is 1. The Labute approximate surface area is 165 Å². The van der Waals surface area contributed by atoms with Gasteiger partial charge in [-0.2, -0.15) is 0 Å². The second-order valence-corrected chi connectivity index (χ2v) is 9.39. The lowest BCUT2D eigenvalue weighted by atomic mass is 9.95. The van der Waals surface area contributed by atoms with Crippen LogP contribution in [0.3, 0.4) is 0 Å². The van der Waals surface area contributed by atoms with E-state index in [1.54, 1.807) is 0 Å². The van der Waals surface area contributed by atoms with Gasteiger partial charge in [0.2, 0.25) is 5.91 Å². The number of hydrogen-bond acceptors (Lipinski definition) is 4. The Morgan fingerprint density at radius 1 is 1.15 bits per heavy atom. The highest BCUT2D eigenvalue weighted by Gasteiger charge is 2.29. The van der Waals surface area contributed by atoms with E-state index in [4.69, 9.17) is 4.74 Å². The molecule has 2 unspecified atom stereocenters. The van der Waals surface area contributed by atoms with Crippen molar-refractivity contribution in [3.63, 3.8) is 0 Å². The van der Waals surface area contributed by atoms with Gasteiger partial charge >= 0.3 is 6.09 Å². The van der Waals surface area contributed by atoms with Gasteiger partial charge in [0.05, 0.1) is 0 Å². The van der Waals surface area contributed by atoms with Crippen molar-refractivity contribution >= 4 is 12.0 Å². The molecule has 27 heavy (non-hydrogen) atoms. The van der Waals surface area contributed by atoms with Gasteiger partial charge < -0.3 is 20.3 Å². The fourth-order valence-corrected chi connectivity index (χ4v) is 3.38. The lowest BCUT2D eigenvalue weighted by Crippen LogP contribution is -2.52. The van der Waals surface area contributed by atoms with Gasteiger partial charge in [0.15, 0.2) is 0 Å². The van der Waals surface area contributed by atoms with Crippen LogP contribution in [0.25, 0.3) is 0 Å². The molecule has 0 saturated carbocycles. The summed E-state index contributed by atoms with van der Waals surface area (Å²) in [5.41, 5.74) is -0.579. The molecule has 0 aromatic carbocycles. The molecule has 0 aliphatic carbocycles. The van der Waals surface area contributed by atoms with Crippen LogP contribution in [-0.4, -0.2) is 54.7 Å². The van der Waals surface area contributed by atoms with Crippen LogP contribution in [0, 0.1) is 17.8 Å². The van der Waals surface area contributed by atoms with E-state index in [0.29, 0.717) is 18.4 Å². The van der Waals surface area contributed by atoms with E-state index in [2.05, 4.69) is 29.4 Å². The Balaban J connectivity index is 2.49. The molecule has 0 radical (unpaired) electrons. The minimum atomic E-state index is -0.579. The molecule has 1 rings (SSSR count). The first kappa shape index (κ1) is 23.7. The molecule has 158 valence electrons. The number of carbonyl (C=O) groups excluding carboxylic acids is 2. The standard InChI is InChI=1S/C21H41N3O3/c1-8-16(4)18(23-20(26)27-21(5,6)7)19(25)22-13-17-9-11-24(12-10-17)14-15(2)3/h15-18H,8-14H2,1-7H3,(H,22,25)(H,23,26). The molecular formula is C21H41N3O3. The minimum absolute atomic E-state index is 0.0467. The van der Waals surface area contributed by atoms with Crippen molar-refractivity contribution in [2.75, 3.05) is 26.2 Å². The summed E-state index contributed by atoms with van der Waals surface area (Å²) in [5.74, 6) is 1.14. The fraction of sp³-hybridized carbons (Fsp3) is 0.905. The van der Waals surface area contributed by atoms with E-state index in [9.17, 15) is 9.59 Å². The predicted octanol–water partition coefficient (Wildman–Crippen LogP) is 3.41. The molecular weight excluding hydrogens is 342 g/mol. The number of nitrogens with one attached hydrogen (secondary N) is 2. The van der Waals surface area contributed by atoms with Crippen molar-refractivity contribution in [2.45, 2.75) is 79.4 Å². The van der Waals surface area contributed by atoms with Crippen molar-refractivity contribution in [2.24, 2.45) is 17.8 Å². The minimum Gasteiger partial charge on any atom is -0.444 e. The van der Waals surface area contributed by atoms with Crippen molar-refractivity contribution in [1.29, 1.82) is 0 Å². The smallest absolute Gasteiger partial charge is 0.408 e. The number of carbonyl (C=O) groups is 2. The third kappa shape index (κ3) is 9.45. The maximum Gasteiger partial charge on any atom is 0.408 e. The average molecular weight is 384 g/mol. The highest BCUT2D eigenvalue weighted by molar-refractivity contribution is 5.85. The fourth-order valence-electron chi connectivity index (χ4n) is 3.38. The summed E-state index contributed by atoms with van der Waals surface area (Å²) in [6.07, 6.45) is 2.49. The van der Waals surface area contributed by atoms with Crippen molar-refractivity contribution in [3.8, 4) is 0 Å². The summed E-state index contributed by atoms with van der Waals surface area (Å²) < 4.78 is 5.32. The normalized spacial score (nSPS) is 18.8. The zero-order chi connectivity index (χ0) is 20.6. The van der Waals surface area contributed by atoms with Crippen LogP contribution in [-0.2, 0) is 9.53 Å². The largest absolute Gasteiger partial charge is 0.444 e. The molecule has 1 saturated heterocycles. The van der Waals surface area contributed by atoms with Gasteiger partial charge in [-0.05, 0) is 64.5 Å². The second kappa shape index (κ2) is 10.9. The number of rotatable bonds is 8. The summed E-state index contributed by atoms with van der Waals surface area (Å²) in [4.78, 5) is 27.3. The van der Waals surface area contributed by atoms with Gasteiger partial charge in [-0.3, -0.25) is 4.79 Å². The van der Waals surface area contributed by atoms with Crippen LogP contribution in [0.2, 0.25) is 0 Å².